The van der Waals surface area contributed by atoms with Crippen LogP contribution in [0.15, 0.2) is 70.2 Å². The summed E-state index contributed by atoms with van der Waals surface area (Å²) in [5, 5.41) is 6.26. The molecule has 0 aliphatic carbocycles. The van der Waals surface area contributed by atoms with Crippen molar-refractivity contribution < 1.29 is 4.79 Å². The van der Waals surface area contributed by atoms with Crippen LogP contribution in [0, 0.1) is 0 Å². The first kappa shape index (κ1) is 18.3. The van der Waals surface area contributed by atoms with E-state index < -0.39 is 0 Å². The van der Waals surface area contributed by atoms with E-state index in [4.69, 9.17) is 11.6 Å². The molecule has 0 unspecified atom stereocenters. The van der Waals surface area contributed by atoms with E-state index in [9.17, 15) is 4.79 Å². The fraction of sp³-hybridized carbons (Fsp3) is 0. The zero-order valence-electron chi connectivity index (χ0n) is 13.7. The fourth-order valence-corrected chi connectivity index (χ4v) is 4.81. The lowest BCUT2D eigenvalue weighted by molar-refractivity contribution is 0.0991. The number of thiophene rings is 1. The number of thiazole rings is 1. The molecule has 0 saturated carbocycles. The van der Waals surface area contributed by atoms with Gasteiger partial charge in [-0.2, -0.15) is 10.1 Å². The number of fused-ring (bicyclic) bond motifs is 1. The van der Waals surface area contributed by atoms with Gasteiger partial charge in [-0.05, 0) is 35.9 Å². The number of hydrogen-bond acceptors (Lipinski definition) is 5. The maximum Gasteiger partial charge on any atom is 0.290 e. The summed E-state index contributed by atoms with van der Waals surface area (Å²) < 4.78 is 2.48. The second-order valence-electron chi connectivity index (χ2n) is 5.48. The van der Waals surface area contributed by atoms with E-state index in [-0.39, 0.29) is 5.91 Å². The standard InChI is InChI=1S/C19H11BrClN3OS2/c20-13-6-7-14-16(10-13)27-19(23-14)24(18(25)15-8-9-17(21)26-15)22-11-12-4-2-1-3-5-12/h1-11H/b22-11+. The molecule has 0 bridgehead atoms. The van der Waals surface area contributed by atoms with Crippen LogP contribution in [0.1, 0.15) is 15.2 Å². The number of halogens is 2. The van der Waals surface area contributed by atoms with Gasteiger partial charge in [0.2, 0.25) is 5.13 Å². The number of hydrazone groups is 1. The highest BCUT2D eigenvalue weighted by atomic mass is 79.9. The lowest BCUT2D eigenvalue weighted by atomic mass is 10.2. The zero-order valence-corrected chi connectivity index (χ0v) is 17.6. The molecule has 0 spiro atoms. The van der Waals surface area contributed by atoms with Crippen molar-refractivity contribution in [1.82, 2.24) is 4.98 Å². The van der Waals surface area contributed by atoms with Gasteiger partial charge in [0, 0.05) is 4.47 Å². The summed E-state index contributed by atoms with van der Waals surface area (Å²) in [4.78, 5) is 18.1. The summed E-state index contributed by atoms with van der Waals surface area (Å²) in [6.45, 7) is 0. The summed E-state index contributed by atoms with van der Waals surface area (Å²) in [6.07, 6.45) is 1.65. The van der Waals surface area contributed by atoms with Gasteiger partial charge in [0.1, 0.15) is 0 Å². The predicted molar refractivity (Wildman–Crippen MR) is 117 cm³/mol. The number of benzene rings is 2. The van der Waals surface area contributed by atoms with Crippen molar-refractivity contribution >= 4 is 77.7 Å². The molecule has 4 rings (SSSR count). The lowest BCUT2D eigenvalue weighted by Crippen LogP contribution is -2.24. The van der Waals surface area contributed by atoms with Gasteiger partial charge in [0.15, 0.2) is 0 Å². The first-order chi connectivity index (χ1) is 13.1. The summed E-state index contributed by atoms with van der Waals surface area (Å²) >= 11 is 12.1. The molecule has 2 aromatic carbocycles. The quantitative estimate of drug-likeness (QED) is 0.251. The highest BCUT2D eigenvalue weighted by Gasteiger charge is 2.22. The van der Waals surface area contributed by atoms with Crippen molar-refractivity contribution in [2.75, 3.05) is 5.01 Å². The summed E-state index contributed by atoms with van der Waals surface area (Å²) in [7, 11) is 0. The minimum atomic E-state index is -0.266. The third-order valence-corrected chi connectivity index (χ3v) is 6.32. The molecule has 2 aromatic heterocycles. The van der Waals surface area contributed by atoms with E-state index in [1.807, 2.05) is 48.5 Å². The Kier molecular flexibility index (Phi) is 5.36. The van der Waals surface area contributed by atoms with Gasteiger partial charge in [-0.1, -0.05) is 69.2 Å². The van der Waals surface area contributed by atoms with Gasteiger partial charge in [0.05, 0.1) is 25.6 Å². The van der Waals surface area contributed by atoms with Gasteiger partial charge < -0.3 is 0 Å². The molecule has 0 N–H and O–H groups in total. The third-order valence-electron chi connectivity index (χ3n) is 3.62. The number of nitrogens with zero attached hydrogens (tertiary/aromatic N) is 3. The number of anilines is 1. The van der Waals surface area contributed by atoms with E-state index in [0.29, 0.717) is 14.3 Å². The molecular weight excluding hydrogens is 466 g/mol. The molecule has 2 heterocycles. The van der Waals surface area contributed by atoms with Crippen LogP contribution in [-0.2, 0) is 0 Å². The first-order valence-electron chi connectivity index (χ1n) is 7.85. The number of carbonyl (C=O) groups is 1. The van der Waals surface area contributed by atoms with Gasteiger partial charge in [0.25, 0.3) is 5.91 Å². The van der Waals surface area contributed by atoms with Crippen molar-refractivity contribution in [3.8, 4) is 0 Å². The number of carbonyl (C=O) groups excluding carboxylic acids is 1. The Balaban J connectivity index is 1.76. The maximum atomic E-state index is 13.0. The van der Waals surface area contributed by atoms with Crippen molar-refractivity contribution in [2.45, 2.75) is 0 Å². The molecule has 0 aliphatic rings. The van der Waals surface area contributed by atoms with Gasteiger partial charge in [-0.25, -0.2) is 4.98 Å². The average Bonchev–Trinajstić information content (AvgIpc) is 3.28. The van der Waals surface area contributed by atoms with E-state index in [1.165, 1.54) is 27.7 Å². The van der Waals surface area contributed by atoms with E-state index >= 15 is 0 Å². The van der Waals surface area contributed by atoms with Crippen LogP contribution in [0.3, 0.4) is 0 Å². The number of aromatic nitrogens is 1. The molecule has 0 aliphatic heterocycles. The highest BCUT2D eigenvalue weighted by molar-refractivity contribution is 9.10. The number of rotatable bonds is 4. The zero-order chi connectivity index (χ0) is 18.8. The van der Waals surface area contributed by atoms with Crippen LogP contribution in [0.2, 0.25) is 4.34 Å². The van der Waals surface area contributed by atoms with E-state index in [2.05, 4.69) is 26.0 Å². The van der Waals surface area contributed by atoms with E-state index in [1.54, 1.807) is 18.3 Å². The Morgan fingerprint density at radius 3 is 2.67 bits per heavy atom. The largest absolute Gasteiger partial charge is 0.290 e. The Bertz CT molecular complexity index is 1140. The fourth-order valence-electron chi connectivity index (χ4n) is 2.36. The molecule has 8 heteroatoms. The molecule has 134 valence electrons. The topological polar surface area (TPSA) is 45.6 Å². The predicted octanol–water partition coefficient (Wildman–Crippen LogP) is 6.45. The number of hydrogen-bond donors (Lipinski definition) is 0. The Hall–Kier alpha value is -2.06. The van der Waals surface area contributed by atoms with Crippen LogP contribution >= 0.6 is 50.2 Å². The molecular formula is C19H11BrClN3OS2. The smallest absolute Gasteiger partial charge is 0.266 e. The Morgan fingerprint density at radius 2 is 1.93 bits per heavy atom. The summed E-state index contributed by atoms with van der Waals surface area (Å²) in [5.41, 5.74) is 1.71. The molecule has 0 saturated heterocycles. The van der Waals surface area contributed by atoms with Crippen LogP contribution in [0.4, 0.5) is 5.13 Å². The van der Waals surface area contributed by atoms with Crippen LogP contribution in [0.25, 0.3) is 10.2 Å². The third kappa shape index (κ3) is 4.11. The second-order valence-corrected chi connectivity index (χ2v) is 9.12. The van der Waals surface area contributed by atoms with Crippen LogP contribution in [0.5, 0.6) is 0 Å². The molecule has 1 amide bonds. The Labute approximate surface area is 176 Å². The first-order valence-corrected chi connectivity index (χ1v) is 10.7. The van der Waals surface area contributed by atoms with Crippen molar-refractivity contribution in [2.24, 2.45) is 5.10 Å². The normalized spacial score (nSPS) is 11.3. The molecule has 0 fully saturated rings. The van der Waals surface area contributed by atoms with Gasteiger partial charge in [-0.3, -0.25) is 4.79 Å². The molecule has 4 nitrogen and oxygen atoms in total. The lowest BCUT2D eigenvalue weighted by Gasteiger charge is -2.12. The monoisotopic (exact) mass is 475 g/mol. The molecule has 0 atom stereocenters. The molecule has 4 aromatic rings. The number of amides is 1. The SMILES string of the molecule is O=C(c1ccc(Cl)s1)N(/N=C/c1ccccc1)c1nc2ccc(Br)cc2s1. The van der Waals surface area contributed by atoms with E-state index in [0.717, 1.165) is 20.3 Å². The maximum absolute atomic E-state index is 13.0. The summed E-state index contributed by atoms with van der Waals surface area (Å²) in [6, 6.07) is 18.8. The summed E-state index contributed by atoms with van der Waals surface area (Å²) in [5.74, 6) is -0.266. The highest BCUT2D eigenvalue weighted by Crippen LogP contribution is 2.33. The molecule has 0 radical (unpaired) electrons. The van der Waals surface area contributed by atoms with Crippen molar-refractivity contribution in [3.05, 3.63) is 79.9 Å². The average molecular weight is 477 g/mol. The van der Waals surface area contributed by atoms with Gasteiger partial charge in [-0.15, -0.1) is 11.3 Å². The van der Waals surface area contributed by atoms with Crippen molar-refractivity contribution in [3.63, 3.8) is 0 Å². The second kappa shape index (κ2) is 7.90. The minimum absolute atomic E-state index is 0.266. The Morgan fingerprint density at radius 1 is 1.11 bits per heavy atom. The minimum Gasteiger partial charge on any atom is -0.266 e. The molecule has 27 heavy (non-hydrogen) atoms. The van der Waals surface area contributed by atoms with Crippen LogP contribution in [-0.4, -0.2) is 17.1 Å². The van der Waals surface area contributed by atoms with Gasteiger partial charge >= 0.3 is 0 Å². The van der Waals surface area contributed by atoms with Crippen molar-refractivity contribution in [1.29, 1.82) is 0 Å². The van der Waals surface area contributed by atoms with Crippen LogP contribution < -0.4 is 5.01 Å².